The summed E-state index contributed by atoms with van der Waals surface area (Å²) < 4.78 is 9.69. The summed E-state index contributed by atoms with van der Waals surface area (Å²) in [5.41, 5.74) is 14.2. The zero-order valence-electron chi connectivity index (χ0n) is 31.4. The summed E-state index contributed by atoms with van der Waals surface area (Å²) >= 11 is 0. The maximum Gasteiger partial charge on any atom is 0.0562 e. The predicted molar refractivity (Wildman–Crippen MR) is 244 cm³/mol. The molecule has 0 radical (unpaired) electrons. The molecule has 0 amide bonds. The normalized spacial score (nSPS) is 12.1. The Morgan fingerprint density at radius 2 is 0.534 bits per heavy atom. The van der Waals surface area contributed by atoms with Crippen molar-refractivity contribution in [3.8, 4) is 22.7 Å². The van der Waals surface area contributed by atoms with Gasteiger partial charge in [0.1, 0.15) is 0 Å². The molecule has 0 N–H and O–H groups in total. The van der Waals surface area contributed by atoms with Crippen LogP contribution in [0.4, 0.5) is 0 Å². The van der Waals surface area contributed by atoms with Crippen LogP contribution in [0, 0.1) is 0 Å². The molecule has 0 spiro atoms. The van der Waals surface area contributed by atoms with Gasteiger partial charge in [-0.3, -0.25) is 0 Å². The monoisotopic (exact) mass is 738 g/mol. The summed E-state index contributed by atoms with van der Waals surface area (Å²) in [6, 6.07) is 75.4. The predicted octanol–water partition coefficient (Wildman–Crippen LogP) is 14.1. The molecule has 0 saturated heterocycles. The molecule has 4 nitrogen and oxygen atoms in total. The first-order valence-corrected chi connectivity index (χ1v) is 20.0. The Hall–Kier alpha value is -7.82. The lowest BCUT2D eigenvalue weighted by molar-refractivity contribution is 1.14. The van der Waals surface area contributed by atoms with Crippen LogP contribution in [-0.4, -0.2) is 18.3 Å². The summed E-state index contributed by atoms with van der Waals surface area (Å²) in [6.45, 7) is 0. The van der Waals surface area contributed by atoms with Gasteiger partial charge in [-0.25, -0.2) is 0 Å². The lowest BCUT2D eigenvalue weighted by Gasteiger charge is -2.13. The highest BCUT2D eigenvalue weighted by Gasteiger charge is 2.20. The number of aromatic nitrogens is 4. The number of fused-ring (bicyclic) bond motifs is 12. The Morgan fingerprint density at radius 3 is 1.03 bits per heavy atom. The van der Waals surface area contributed by atoms with Crippen LogP contribution >= 0.6 is 0 Å². The number of hydrogen-bond donors (Lipinski definition) is 0. The smallest absolute Gasteiger partial charge is 0.0562 e. The van der Waals surface area contributed by atoms with E-state index in [2.05, 4.69) is 225 Å². The second-order valence-corrected chi connectivity index (χ2v) is 15.3. The van der Waals surface area contributed by atoms with Gasteiger partial charge in [0.15, 0.2) is 0 Å². The van der Waals surface area contributed by atoms with Crippen LogP contribution in [0.2, 0.25) is 0 Å². The van der Waals surface area contributed by atoms with Crippen LogP contribution in [-0.2, 0) is 0 Å². The van der Waals surface area contributed by atoms with Crippen LogP contribution in [0.25, 0.3) is 110 Å². The number of benzene rings is 9. The SMILES string of the molecule is c1ccc2c(c1)c1ccccc1n2-c1ccc2c(c1)c1ccccc1n2-c1ccc(-n2c3ccccc3c3c(-n4c5ccccc5c5ccccc54)cccc32)cc1. The molecule has 58 heavy (non-hydrogen) atoms. The minimum Gasteiger partial charge on any atom is -0.309 e. The fourth-order valence-corrected chi connectivity index (χ4v) is 9.98. The van der Waals surface area contributed by atoms with E-state index >= 15 is 0 Å². The van der Waals surface area contributed by atoms with E-state index < -0.39 is 0 Å². The topological polar surface area (TPSA) is 19.7 Å². The van der Waals surface area contributed by atoms with E-state index in [1.54, 1.807) is 0 Å². The van der Waals surface area contributed by atoms with Crippen molar-refractivity contribution in [3.63, 3.8) is 0 Å². The van der Waals surface area contributed by atoms with Crippen LogP contribution in [0.1, 0.15) is 0 Å². The van der Waals surface area contributed by atoms with E-state index in [-0.39, 0.29) is 0 Å². The van der Waals surface area contributed by atoms with E-state index in [0.29, 0.717) is 0 Å². The lowest BCUT2D eigenvalue weighted by atomic mass is 10.1. The molecule has 9 aromatic carbocycles. The molecule has 4 aromatic heterocycles. The minimum atomic E-state index is 1.13. The highest BCUT2D eigenvalue weighted by Crippen LogP contribution is 2.41. The average molecular weight is 739 g/mol. The summed E-state index contributed by atoms with van der Waals surface area (Å²) in [4.78, 5) is 0. The summed E-state index contributed by atoms with van der Waals surface area (Å²) in [5.74, 6) is 0. The number of hydrogen-bond acceptors (Lipinski definition) is 0. The fourth-order valence-electron chi connectivity index (χ4n) is 9.98. The Balaban J connectivity index is 0.988. The Kier molecular flexibility index (Phi) is 6.41. The molecule has 0 aliphatic rings. The third-order valence-electron chi connectivity index (χ3n) is 12.4. The van der Waals surface area contributed by atoms with Gasteiger partial charge < -0.3 is 18.3 Å². The summed E-state index contributed by atoms with van der Waals surface area (Å²) in [5, 5.41) is 10.0. The Labute approximate surface area is 333 Å². The van der Waals surface area contributed by atoms with E-state index in [0.717, 1.165) is 17.1 Å². The lowest BCUT2D eigenvalue weighted by Crippen LogP contribution is -1.98. The van der Waals surface area contributed by atoms with Gasteiger partial charge in [0, 0.05) is 60.2 Å². The van der Waals surface area contributed by atoms with Gasteiger partial charge in [-0.05, 0) is 91.0 Å². The molecule has 4 heteroatoms. The molecule has 0 unspecified atom stereocenters. The standard InChI is InChI=1S/C54H34N4/c1-7-20-45-38(14-1)39-15-2-8-21-46(39)57(45)37-32-33-51-44(34-37)42-18-5-9-22-47(42)55(51)35-28-30-36(31-29-35)56-50-25-12-6-19-43(50)54-52(56)26-13-27-53(54)58-48-23-10-3-16-40(48)41-17-4-11-24-49(41)58/h1-34H. The zero-order valence-corrected chi connectivity index (χ0v) is 31.4. The molecular weight excluding hydrogens is 705 g/mol. The van der Waals surface area contributed by atoms with E-state index in [1.165, 1.54) is 92.9 Å². The van der Waals surface area contributed by atoms with Gasteiger partial charge in [-0.15, -0.1) is 0 Å². The molecule has 0 saturated carbocycles. The van der Waals surface area contributed by atoms with Gasteiger partial charge >= 0.3 is 0 Å². The van der Waals surface area contributed by atoms with Gasteiger partial charge in [-0.1, -0.05) is 115 Å². The fraction of sp³-hybridized carbons (Fsp3) is 0. The van der Waals surface area contributed by atoms with Gasteiger partial charge in [0.2, 0.25) is 0 Å². The Bertz CT molecular complexity index is 3690. The quantitative estimate of drug-likeness (QED) is 0.171. The largest absolute Gasteiger partial charge is 0.309 e. The van der Waals surface area contributed by atoms with Crippen LogP contribution in [0.15, 0.2) is 206 Å². The molecule has 0 atom stereocenters. The van der Waals surface area contributed by atoms with Crippen LogP contribution in [0.3, 0.4) is 0 Å². The van der Waals surface area contributed by atoms with Crippen LogP contribution < -0.4 is 0 Å². The maximum atomic E-state index is 2.45. The minimum absolute atomic E-state index is 1.13. The van der Waals surface area contributed by atoms with E-state index in [1.807, 2.05) is 0 Å². The second-order valence-electron chi connectivity index (χ2n) is 15.3. The van der Waals surface area contributed by atoms with Gasteiger partial charge in [0.25, 0.3) is 0 Å². The summed E-state index contributed by atoms with van der Waals surface area (Å²) in [7, 11) is 0. The molecule has 0 fully saturated rings. The molecule has 0 bridgehead atoms. The molecule has 0 aliphatic carbocycles. The Morgan fingerprint density at radius 1 is 0.207 bits per heavy atom. The first-order chi connectivity index (χ1) is 28.8. The third kappa shape index (κ3) is 4.23. The van der Waals surface area contributed by atoms with Gasteiger partial charge in [0.05, 0.1) is 49.8 Å². The molecule has 4 heterocycles. The first kappa shape index (κ1) is 31.4. The van der Waals surface area contributed by atoms with Crippen LogP contribution in [0.5, 0.6) is 0 Å². The van der Waals surface area contributed by atoms with Crippen molar-refractivity contribution in [2.24, 2.45) is 0 Å². The number of para-hydroxylation sites is 6. The summed E-state index contributed by atoms with van der Waals surface area (Å²) in [6.07, 6.45) is 0. The third-order valence-corrected chi connectivity index (χ3v) is 12.4. The van der Waals surface area contributed by atoms with Crippen molar-refractivity contribution in [1.82, 2.24) is 18.3 Å². The highest BCUT2D eigenvalue weighted by molar-refractivity contribution is 6.17. The molecule has 270 valence electrons. The number of nitrogens with zero attached hydrogens (tertiary/aromatic N) is 4. The zero-order chi connectivity index (χ0) is 37.9. The molecule has 13 aromatic rings. The van der Waals surface area contributed by atoms with E-state index in [4.69, 9.17) is 0 Å². The number of rotatable bonds is 4. The molecular formula is C54H34N4. The maximum absolute atomic E-state index is 2.45. The van der Waals surface area contributed by atoms with Crippen molar-refractivity contribution in [2.75, 3.05) is 0 Å². The van der Waals surface area contributed by atoms with Crippen molar-refractivity contribution < 1.29 is 0 Å². The average Bonchev–Trinajstić information content (AvgIpc) is 4.01. The second kappa shape index (κ2) is 11.8. The first-order valence-electron chi connectivity index (χ1n) is 20.0. The molecule has 0 aliphatic heterocycles. The molecule has 13 rings (SSSR count). The highest BCUT2D eigenvalue weighted by atomic mass is 15.0. The van der Waals surface area contributed by atoms with Crippen molar-refractivity contribution >= 4 is 87.2 Å². The van der Waals surface area contributed by atoms with Crippen molar-refractivity contribution in [3.05, 3.63) is 206 Å². The van der Waals surface area contributed by atoms with E-state index in [9.17, 15) is 0 Å². The van der Waals surface area contributed by atoms with Crippen molar-refractivity contribution in [2.45, 2.75) is 0 Å². The van der Waals surface area contributed by atoms with Gasteiger partial charge in [-0.2, -0.15) is 0 Å². The van der Waals surface area contributed by atoms with Crippen molar-refractivity contribution in [1.29, 1.82) is 0 Å².